The van der Waals surface area contributed by atoms with Crippen molar-refractivity contribution in [3.63, 3.8) is 0 Å². The minimum Gasteiger partial charge on any atom is -0.309 e. The fraction of sp³-hybridized carbons (Fsp3) is 0.450. The topological polar surface area (TPSA) is 66.3 Å². The van der Waals surface area contributed by atoms with E-state index in [0.717, 1.165) is 30.8 Å². The van der Waals surface area contributed by atoms with Gasteiger partial charge in [-0.25, -0.2) is 14.5 Å². The molecule has 1 aromatic carbocycles. The molecule has 0 aliphatic rings. The molecule has 2 heterocycles. The lowest BCUT2D eigenvalue weighted by molar-refractivity contribution is 0.397. The standard InChI is InChI=1S/C20H27N5O/c1-20(2,3)15-10-8-14(9-11-15)19-21-16(7-6-12-24(4)5)25-17(22-19)13-18(26)23-25/h8-11,13H,6-7,12H2,1-5H3,(H,23,26). The van der Waals surface area contributed by atoms with E-state index in [2.05, 4.69) is 74.1 Å². The van der Waals surface area contributed by atoms with Gasteiger partial charge in [0.05, 0.1) is 0 Å². The van der Waals surface area contributed by atoms with E-state index in [4.69, 9.17) is 4.98 Å². The molecule has 2 aromatic heterocycles. The van der Waals surface area contributed by atoms with E-state index >= 15 is 0 Å². The number of aromatic amines is 1. The molecule has 0 atom stereocenters. The number of aromatic nitrogens is 4. The van der Waals surface area contributed by atoms with Crippen molar-refractivity contribution in [2.45, 2.75) is 39.0 Å². The summed E-state index contributed by atoms with van der Waals surface area (Å²) in [5, 5.41) is 2.80. The van der Waals surface area contributed by atoms with Crippen molar-refractivity contribution >= 4 is 5.65 Å². The average Bonchev–Trinajstić information content (AvgIpc) is 2.94. The number of hydrogen-bond donors (Lipinski definition) is 1. The van der Waals surface area contributed by atoms with Gasteiger partial charge < -0.3 is 4.90 Å². The summed E-state index contributed by atoms with van der Waals surface area (Å²) in [5.74, 6) is 1.48. The van der Waals surface area contributed by atoms with Gasteiger partial charge in [0.25, 0.3) is 5.56 Å². The van der Waals surface area contributed by atoms with Crippen molar-refractivity contribution in [3.05, 3.63) is 52.1 Å². The molecule has 0 aliphatic carbocycles. The Kier molecular flexibility index (Phi) is 4.96. The summed E-state index contributed by atoms with van der Waals surface area (Å²) in [6.45, 7) is 7.55. The molecule has 0 unspecified atom stereocenters. The van der Waals surface area contributed by atoms with Gasteiger partial charge in [-0.2, -0.15) is 0 Å². The second-order valence-electron chi connectivity index (χ2n) is 8.01. The monoisotopic (exact) mass is 353 g/mol. The molecule has 0 fully saturated rings. The molecule has 0 bridgehead atoms. The molecule has 6 heteroatoms. The quantitative estimate of drug-likeness (QED) is 0.766. The Morgan fingerprint density at radius 2 is 1.81 bits per heavy atom. The summed E-state index contributed by atoms with van der Waals surface area (Å²) in [4.78, 5) is 23.2. The molecular weight excluding hydrogens is 326 g/mol. The molecule has 6 nitrogen and oxygen atoms in total. The first-order valence-corrected chi connectivity index (χ1v) is 8.98. The van der Waals surface area contributed by atoms with Gasteiger partial charge in [-0.05, 0) is 38.0 Å². The molecule has 138 valence electrons. The number of H-pyrrole nitrogens is 1. The van der Waals surface area contributed by atoms with Gasteiger partial charge in [0.15, 0.2) is 11.5 Å². The van der Waals surface area contributed by atoms with Gasteiger partial charge in [0.1, 0.15) is 5.82 Å². The molecule has 3 aromatic rings. The normalized spacial score (nSPS) is 12.2. The molecular formula is C20H27N5O. The van der Waals surface area contributed by atoms with Gasteiger partial charge in [-0.15, -0.1) is 0 Å². The van der Waals surface area contributed by atoms with Crippen LogP contribution in [0.25, 0.3) is 17.0 Å². The van der Waals surface area contributed by atoms with Crippen LogP contribution in [0.1, 0.15) is 38.6 Å². The highest BCUT2D eigenvalue weighted by molar-refractivity contribution is 5.58. The highest BCUT2D eigenvalue weighted by Crippen LogP contribution is 2.25. The molecule has 0 amide bonds. The summed E-state index contributed by atoms with van der Waals surface area (Å²) < 4.78 is 1.70. The fourth-order valence-electron chi connectivity index (χ4n) is 2.94. The summed E-state index contributed by atoms with van der Waals surface area (Å²) in [6, 6.07) is 9.88. The average molecular weight is 353 g/mol. The lowest BCUT2D eigenvalue weighted by Gasteiger charge is -2.19. The Morgan fingerprint density at radius 3 is 2.42 bits per heavy atom. The van der Waals surface area contributed by atoms with Crippen LogP contribution in [0, 0.1) is 0 Å². The molecule has 0 saturated heterocycles. The van der Waals surface area contributed by atoms with E-state index in [1.165, 1.54) is 11.6 Å². The van der Waals surface area contributed by atoms with Crippen LogP contribution in [0.15, 0.2) is 35.1 Å². The van der Waals surface area contributed by atoms with Gasteiger partial charge >= 0.3 is 0 Å². The van der Waals surface area contributed by atoms with E-state index in [1.54, 1.807) is 4.52 Å². The zero-order valence-electron chi connectivity index (χ0n) is 16.2. The summed E-state index contributed by atoms with van der Waals surface area (Å²) in [5.41, 5.74) is 2.79. The number of rotatable bonds is 5. The van der Waals surface area contributed by atoms with E-state index in [1.807, 2.05) is 0 Å². The SMILES string of the molecule is CN(C)CCCc1nc(-c2ccc(C(C)(C)C)cc2)nc2cc(=O)[nH]n12. The summed E-state index contributed by atoms with van der Waals surface area (Å²) >= 11 is 0. The van der Waals surface area contributed by atoms with Crippen molar-refractivity contribution < 1.29 is 0 Å². The molecule has 0 aliphatic heterocycles. The van der Waals surface area contributed by atoms with E-state index in [-0.39, 0.29) is 11.0 Å². The predicted octanol–water partition coefficient (Wildman–Crippen LogP) is 2.88. The smallest absolute Gasteiger partial charge is 0.266 e. The van der Waals surface area contributed by atoms with Crippen LogP contribution in [0.3, 0.4) is 0 Å². The van der Waals surface area contributed by atoms with E-state index in [9.17, 15) is 4.79 Å². The molecule has 1 N–H and O–H groups in total. The Bertz CT molecular complexity index is 945. The van der Waals surface area contributed by atoms with Gasteiger partial charge in [-0.1, -0.05) is 45.0 Å². The van der Waals surface area contributed by atoms with Crippen LogP contribution in [0.4, 0.5) is 0 Å². The first kappa shape index (κ1) is 18.3. The van der Waals surface area contributed by atoms with Crippen molar-refractivity contribution in [1.82, 2.24) is 24.5 Å². The van der Waals surface area contributed by atoms with Gasteiger partial charge in [0.2, 0.25) is 0 Å². The third kappa shape index (κ3) is 4.02. The van der Waals surface area contributed by atoms with Gasteiger partial charge in [0, 0.05) is 18.1 Å². The van der Waals surface area contributed by atoms with Crippen molar-refractivity contribution in [3.8, 4) is 11.4 Å². The molecule has 0 spiro atoms. The Balaban J connectivity index is 1.99. The van der Waals surface area contributed by atoms with Crippen molar-refractivity contribution in [2.24, 2.45) is 0 Å². The van der Waals surface area contributed by atoms with Crippen molar-refractivity contribution in [2.75, 3.05) is 20.6 Å². The van der Waals surface area contributed by atoms with Gasteiger partial charge in [-0.3, -0.25) is 9.89 Å². The lowest BCUT2D eigenvalue weighted by atomic mass is 9.87. The Morgan fingerprint density at radius 1 is 1.12 bits per heavy atom. The Labute approximate surface area is 153 Å². The molecule has 3 rings (SSSR count). The number of nitrogens with one attached hydrogen (secondary N) is 1. The first-order valence-electron chi connectivity index (χ1n) is 8.98. The summed E-state index contributed by atoms with van der Waals surface area (Å²) in [7, 11) is 4.10. The van der Waals surface area contributed by atoms with E-state index < -0.39 is 0 Å². The van der Waals surface area contributed by atoms with Crippen LogP contribution in [-0.4, -0.2) is 45.1 Å². The van der Waals surface area contributed by atoms with Crippen LogP contribution >= 0.6 is 0 Å². The minimum atomic E-state index is -0.159. The first-order chi connectivity index (χ1) is 12.2. The third-order valence-corrected chi connectivity index (χ3v) is 4.44. The second kappa shape index (κ2) is 7.03. The maximum absolute atomic E-state index is 11.8. The Hall–Kier alpha value is -2.47. The molecule has 26 heavy (non-hydrogen) atoms. The van der Waals surface area contributed by atoms with E-state index in [0.29, 0.717) is 11.5 Å². The molecule has 0 radical (unpaired) electrons. The summed E-state index contributed by atoms with van der Waals surface area (Å²) in [6.07, 6.45) is 1.73. The predicted molar refractivity (Wildman–Crippen MR) is 105 cm³/mol. The number of benzene rings is 1. The van der Waals surface area contributed by atoms with Crippen molar-refractivity contribution in [1.29, 1.82) is 0 Å². The number of nitrogens with zero attached hydrogens (tertiary/aromatic N) is 4. The maximum atomic E-state index is 11.8. The van der Waals surface area contributed by atoms with Crippen LogP contribution < -0.4 is 5.56 Å². The zero-order chi connectivity index (χ0) is 18.9. The minimum absolute atomic E-state index is 0.106. The number of aryl methyl sites for hydroxylation is 1. The zero-order valence-corrected chi connectivity index (χ0v) is 16.2. The lowest BCUT2D eigenvalue weighted by Crippen LogP contribution is -2.15. The van der Waals surface area contributed by atoms with Crippen LogP contribution in [0.2, 0.25) is 0 Å². The fourth-order valence-corrected chi connectivity index (χ4v) is 2.94. The second-order valence-corrected chi connectivity index (χ2v) is 8.01. The molecule has 0 saturated carbocycles. The third-order valence-electron chi connectivity index (χ3n) is 4.44. The number of hydrogen-bond acceptors (Lipinski definition) is 4. The largest absolute Gasteiger partial charge is 0.309 e. The van der Waals surface area contributed by atoms with Crippen LogP contribution in [-0.2, 0) is 11.8 Å². The highest BCUT2D eigenvalue weighted by Gasteiger charge is 2.15. The number of fused-ring (bicyclic) bond motifs is 1. The maximum Gasteiger partial charge on any atom is 0.266 e. The van der Waals surface area contributed by atoms with Crippen LogP contribution in [0.5, 0.6) is 0 Å². The highest BCUT2D eigenvalue weighted by atomic mass is 16.1.